The summed E-state index contributed by atoms with van der Waals surface area (Å²) >= 11 is 0. The molecule has 0 unspecified atom stereocenters. The van der Waals surface area contributed by atoms with Gasteiger partial charge in [-0.3, -0.25) is 4.40 Å². The van der Waals surface area contributed by atoms with Crippen molar-refractivity contribution in [3.05, 3.63) is 59.4 Å². The number of hydroxylamine groups is 1. The van der Waals surface area contributed by atoms with Gasteiger partial charge in [0, 0.05) is 28.2 Å². The van der Waals surface area contributed by atoms with E-state index in [2.05, 4.69) is 40.8 Å². The maximum Gasteiger partial charge on any atom is 0.142 e. The summed E-state index contributed by atoms with van der Waals surface area (Å²) in [5, 5.41) is 1.95. The first kappa shape index (κ1) is 20.7. The van der Waals surface area contributed by atoms with Gasteiger partial charge < -0.3 is 14.6 Å². The van der Waals surface area contributed by atoms with Gasteiger partial charge in [-0.1, -0.05) is 6.07 Å². The molecule has 0 saturated heterocycles. The monoisotopic (exact) mass is 454 g/mol. The van der Waals surface area contributed by atoms with E-state index in [1.807, 2.05) is 45.2 Å². The molecular weight excluding hydrogens is 428 g/mol. The van der Waals surface area contributed by atoms with E-state index in [9.17, 15) is 0 Å². The van der Waals surface area contributed by atoms with Crippen LogP contribution in [-0.4, -0.2) is 37.0 Å². The molecule has 172 valence electrons. The summed E-state index contributed by atoms with van der Waals surface area (Å²) in [6.07, 6.45) is 2.02. The number of imidazole rings is 1. The molecule has 34 heavy (non-hydrogen) atoms. The average molecular weight is 455 g/mol. The zero-order valence-electron chi connectivity index (χ0n) is 20.1. The lowest BCUT2D eigenvalue weighted by Gasteiger charge is -2.22. The Morgan fingerprint density at radius 1 is 1.06 bits per heavy atom. The molecule has 8 heteroatoms. The first-order valence-electron chi connectivity index (χ1n) is 11.3. The van der Waals surface area contributed by atoms with Gasteiger partial charge in [-0.15, -0.1) is 5.48 Å². The van der Waals surface area contributed by atoms with E-state index in [0.29, 0.717) is 5.82 Å². The molecule has 0 saturated carbocycles. The number of nitrogens with one attached hydrogen (secondary N) is 2. The molecule has 4 aromatic heterocycles. The van der Waals surface area contributed by atoms with Crippen LogP contribution in [0.15, 0.2) is 42.3 Å². The van der Waals surface area contributed by atoms with E-state index in [-0.39, 0.29) is 5.54 Å². The van der Waals surface area contributed by atoms with Crippen molar-refractivity contribution >= 4 is 33.2 Å². The minimum absolute atomic E-state index is 0.355. The lowest BCUT2D eigenvalue weighted by molar-refractivity contribution is 0.0930. The number of rotatable bonds is 3. The van der Waals surface area contributed by atoms with E-state index in [1.54, 1.807) is 7.11 Å². The molecule has 1 aromatic carbocycles. The zero-order valence-corrected chi connectivity index (χ0v) is 20.1. The van der Waals surface area contributed by atoms with Crippen LogP contribution in [0.2, 0.25) is 0 Å². The molecule has 0 fully saturated rings. The second-order valence-electron chi connectivity index (χ2n) is 9.30. The van der Waals surface area contributed by atoms with Gasteiger partial charge in [0.05, 0.1) is 29.4 Å². The smallest absolute Gasteiger partial charge is 0.142 e. The normalized spacial score (nSPS) is 15.6. The van der Waals surface area contributed by atoms with Gasteiger partial charge in [-0.2, -0.15) is 0 Å². The van der Waals surface area contributed by atoms with Crippen LogP contribution in [0.1, 0.15) is 37.9 Å². The molecule has 0 aliphatic carbocycles. The van der Waals surface area contributed by atoms with E-state index in [1.165, 1.54) is 0 Å². The number of nitrogens with zero attached hydrogens (tertiary/aromatic N) is 4. The van der Waals surface area contributed by atoms with Gasteiger partial charge in [0.25, 0.3) is 0 Å². The maximum atomic E-state index is 5.88. The zero-order chi connectivity index (χ0) is 23.8. The number of methoxy groups -OCH3 is 1. The van der Waals surface area contributed by atoms with Crippen LogP contribution in [0.4, 0.5) is 0 Å². The minimum Gasteiger partial charge on any atom is -0.496 e. The Balaban J connectivity index is 1.70. The summed E-state index contributed by atoms with van der Waals surface area (Å²) < 4.78 is 7.97. The molecule has 8 nitrogen and oxygen atoms in total. The van der Waals surface area contributed by atoms with Crippen molar-refractivity contribution in [2.75, 3.05) is 7.11 Å². The number of allylic oxidation sites excluding steroid dienone is 1. The first-order valence-corrected chi connectivity index (χ1v) is 11.3. The molecule has 6 rings (SSSR count). The molecule has 1 aliphatic rings. The quantitative estimate of drug-likeness (QED) is 0.394. The standard InChI is InChI=1S/C26H26N6O2/c1-13-24(32-10-8-7-9-20(32)27-13)23-21-16-12-19(33-6)17(22-14(2)34-31-26(22,4)5)11-18(16)30-25(21)29-15(3)28-23/h7-12,31H,1-6H3,(H,28,29,30). The number of benzene rings is 1. The van der Waals surface area contributed by atoms with Crippen LogP contribution in [0.3, 0.4) is 0 Å². The Hall–Kier alpha value is -3.91. The van der Waals surface area contributed by atoms with Crippen LogP contribution in [0, 0.1) is 13.8 Å². The number of fused-ring (bicyclic) bond motifs is 4. The molecule has 0 spiro atoms. The summed E-state index contributed by atoms with van der Waals surface area (Å²) in [6, 6.07) is 10.2. The van der Waals surface area contributed by atoms with Crippen molar-refractivity contribution in [3.63, 3.8) is 0 Å². The highest BCUT2D eigenvalue weighted by atomic mass is 16.7. The van der Waals surface area contributed by atoms with Gasteiger partial charge in [-0.25, -0.2) is 15.0 Å². The Morgan fingerprint density at radius 3 is 2.62 bits per heavy atom. The number of aromatic nitrogens is 5. The van der Waals surface area contributed by atoms with E-state index in [0.717, 1.165) is 67.3 Å². The fraction of sp³-hybridized carbons (Fsp3) is 0.269. The number of aryl methyl sites for hydroxylation is 2. The van der Waals surface area contributed by atoms with Crippen LogP contribution in [-0.2, 0) is 4.84 Å². The summed E-state index contributed by atoms with van der Waals surface area (Å²) in [4.78, 5) is 23.6. The number of H-pyrrole nitrogens is 1. The second-order valence-corrected chi connectivity index (χ2v) is 9.30. The number of hydrogen-bond donors (Lipinski definition) is 2. The summed E-state index contributed by atoms with van der Waals surface area (Å²) in [5.74, 6) is 2.29. The Bertz CT molecular complexity index is 1660. The second kappa shape index (κ2) is 7.04. The third kappa shape index (κ3) is 2.85. The van der Waals surface area contributed by atoms with Crippen molar-refractivity contribution in [1.29, 1.82) is 0 Å². The van der Waals surface area contributed by atoms with Gasteiger partial charge in [-0.05, 0) is 58.9 Å². The minimum atomic E-state index is -0.355. The lowest BCUT2D eigenvalue weighted by Crippen LogP contribution is -2.34. The number of aromatic amines is 1. The topological polar surface area (TPSA) is 89.4 Å². The highest BCUT2D eigenvalue weighted by Gasteiger charge is 2.36. The van der Waals surface area contributed by atoms with E-state index in [4.69, 9.17) is 24.5 Å². The number of hydrogen-bond acceptors (Lipinski definition) is 6. The molecule has 0 amide bonds. The van der Waals surface area contributed by atoms with Crippen molar-refractivity contribution in [3.8, 4) is 17.1 Å². The van der Waals surface area contributed by atoms with Gasteiger partial charge in [0.2, 0.25) is 0 Å². The summed E-state index contributed by atoms with van der Waals surface area (Å²) in [6.45, 7) is 10.1. The summed E-state index contributed by atoms with van der Waals surface area (Å²) in [5.41, 5.74) is 10.1. The Kier molecular flexibility index (Phi) is 4.28. The van der Waals surface area contributed by atoms with Crippen molar-refractivity contribution < 1.29 is 9.57 Å². The third-order valence-electron chi connectivity index (χ3n) is 6.52. The highest BCUT2D eigenvalue weighted by Crippen LogP contribution is 2.43. The van der Waals surface area contributed by atoms with Gasteiger partial charge in [0.1, 0.15) is 34.3 Å². The van der Waals surface area contributed by atoms with Gasteiger partial charge >= 0.3 is 0 Å². The molecule has 0 atom stereocenters. The van der Waals surface area contributed by atoms with Crippen LogP contribution < -0.4 is 10.2 Å². The molecule has 1 aliphatic heterocycles. The SMILES string of the molecule is COc1cc2c(cc1C1=C(C)ONC1(C)C)[nH]c1nc(C)nc(-c3c(C)nc4ccccn34)c12. The predicted molar refractivity (Wildman–Crippen MR) is 133 cm³/mol. The van der Waals surface area contributed by atoms with E-state index < -0.39 is 0 Å². The molecular formula is C26H26N6O2. The Morgan fingerprint density at radius 2 is 1.88 bits per heavy atom. The average Bonchev–Trinajstić information content (AvgIpc) is 3.41. The van der Waals surface area contributed by atoms with Gasteiger partial charge in [0.15, 0.2) is 0 Å². The molecule has 0 bridgehead atoms. The third-order valence-corrected chi connectivity index (χ3v) is 6.52. The highest BCUT2D eigenvalue weighted by molar-refractivity contribution is 6.13. The number of pyridine rings is 1. The largest absolute Gasteiger partial charge is 0.496 e. The fourth-order valence-corrected chi connectivity index (χ4v) is 5.14. The van der Waals surface area contributed by atoms with E-state index >= 15 is 0 Å². The molecule has 0 radical (unpaired) electrons. The van der Waals surface area contributed by atoms with Crippen LogP contribution in [0.5, 0.6) is 5.75 Å². The molecule has 5 aromatic rings. The molecule has 2 N–H and O–H groups in total. The summed E-state index contributed by atoms with van der Waals surface area (Å²) in [7, 11) is 1.70. The van der Waals surface area contributed by atoms with Crippen molar-refractivity contribution in [2.24, 2.45) is 0 Å². The van der Waals surface area contributed by atoms with Crippen LogP contribution in [0.25, 0.3) is 44.5 Å². The maximum absolute atomic E-state index is 5.88. The predicted octanol–water partition coefficient (Wildman–Crippen LogP) is 5.10. The fourth-order valence-electron chi connectivity index (χ4n) is 5.14. The number of ether oxygens (including phenoxy) is 1. The molecule has 5 heterocycles. The first-order chi connectivity index (χ1) is 16.3. The van der Waals surface area contributed by atoms with Crippen molar-refractivity contribution in [2.45, 2.75) is 40.2 Å². The lowest BCUT2D eigenvalue weighted by atomic mass is 9.87. The van der Waals surface area contributed by atoms with Crippen molar-refractivity contribution in [1.82, 2.24) is 29.8 Å². The Labute approximate surface area is 196 Å². The van der Waals surface area contributed by atoms with Crippen LogP contribution >= 0.6 is 0 Å².